The van der Waals surface area contributed by atoms with Crippen LogP contribution in [0.2, 0.25) is 5.02 Å². The number of aromatic carboxylic acids is 1. The van der Waals surface area contributed by atoms with Crippen molar-refractivity contribution in [3.8, 4) is 0 Å². The molecule has 0 unspecified atom stereocenters. The average Bonchev–Trinajstić information content (AvgIpc) is 2.69. The highest BCUT2D eigenvalue weighted by atomic mass is 35.5. The molecule has 0 saturated carbocycles. The Kier molecular flexibility index (Phi) is 5.86. The molecule has 3 aromatic rings. The van der Waals surface area contributed by atoms with Crippen LogP contribution in [0.3, 0.4) is 0 Å². The second kappa shape index (κ2) is 8.34. The van der Waals surface area contributed by atoms with E-state index in [0.29, 0.717) is 5.69 Å². The Morgan fingerprint density at radius 2 is 1.45 bits per heavy atom. The standard InChI is InChI=1S/C20H15ClN2O5S/c21-17-11-8-14(19(24)22-15-4-2-1-3-5-15)12-18(17)29(27,28)23-16-9-6-13(7-10-16)20(25)26/h1-12,23H,(H,22,24)(H,25,26). The van der Waals surface area contributed by atoms with Crippen LogP contribution in [0.1, 0.15) is 20.7 Å². The molecule has 1 amide bonds. The van der Waals surface area contributed by atoms with Crippen LogP contribution in [0.4, 0.5) is 11.4 Å². The van der Waals surface area contributed by atoms with Crippen LogP contribution in [-0.4, -0.2) is 25.4 Å². The Balaban J connectivity index is 1.86. The molecule has 0 saturated heterocycles. The predicted octanol–water partition coefficient (Wildman–Crippen LogP) is 4.09. The summed E-state index contributed by atoms with van der Waals surface area (Å²) in [6.45, 7) is 0. The highest BCUT2D eigenvalue weighted by Crippen LogP contribution is 2.26. The lowest BCUT2D eigenvalue weighted by Crippen LogP contribution is -2.16. The quantitative estimate of drug-likeness (QED) is 0.545. The van der Waals surface area contributed by atoms with Gasteiger partial charge in [0, 0.05) is 16.9 Å². The summed E-state index contributed by atoms with van der Waals surface area (Å²) < 4.78 is 27.8. The average molecular weight is 431 g/mol. The number of sulfonamides is 1. The molecule has 0 aromatic heterocycles. The maximum atomic E-state index is 12.7. The number of carbonyl (C=O) groups is 2. The molecule has 0 aliphatic rings. The third-order valence-electron chi connectivity index (χ3n) is 3.90. The van der Waals surface area contributed by atoms with Crippen molar-refractivity contribution in [2.24, 2.45) is 0 Å². The molecule has 29 heavy (non-hydrogen) atoms. The Bertz CT molecular complexity index is 1160. The van der Waals surface area contributed by atoms with Gasteiger partial charge in [-0.05, 0) is 54.6 Å². The van der Waals surface area contributed by atoms with E-state index >= 15 is 0 Å². The molecule has 3 N–H and O–H groups in total. The molecule has 148 valence electrons. The van der Waals surface area contributed by atoms with Gasteiger partial charge >= 0.3 is 5.97 Å². The number of amides is 1. The van der Waals surface area contributed by atoms with Crippen molar-refractivity contribution in [2.75, 3.05) is 10.0 Å². The number of rotatable bonds is 6. The number of halogens is 1. The lowest BCUT2D eigenvalue weighted by Gasteiger charge is -2.12. The van der Waals surface area contributed by atoms with Crippen LogP contribution in [0, 0.1) is 0 Å². The summed E-state index contributed by atoms with van der Waals surface area (Å²) >= 11 is 6.05. The van der Waals surface area contributed by atoms with Crippen LogP contribution < -0.4 is 10.0 Å². The van der Waals surface area contributed by atoms with Crippen molar-refractivity contribution in [1.29, 1.82) is 0 Å². The summed E-state index contributed by atoms with van der Waals surface area (Å²) in [5.41, 5.74) is 0.851. The van der Waals surface area contributed by atoms with E-state index in [-0.39, 0.29) is 26.7 Å². The highest BCUT2D eigenvalue weighted by molar-refractivity contribution is 7.92. The molecule has 0 fully saturated rings. The van der Waals surface area contributed by atoms with Gasteiger partial charge < -0.3 is 10.4 Å². The van der Waals surface area contributed by atoms with Gasteiger partial charge in [-0.3, -0.25) is 9.52 Å². The van der Waals surface area contributed by atoms with Crippen LogP contribution >= 0.6 is 11.6 Å². The van der Waals surface area contributed by atoms with Gasteiger partial charge in [0.15, 0.2) is 0 Å². The zero-order chi connectivity index (χ0) is 21.0. The normalized spacial score (nSPS) is 10.9. The second-order valence-electron chi connectivity index (χ2n) is 5.95. The minimum absolute atomic E-state index is 0.0190. The fourth-order valence-electron chi connectivity index (χ4n) is 2.47. The van der Waals surface area contributed by atoms with Crippen molar-refractivity contribution in [1.82, 2.24) is 0 Å². The molecule has 0 spiro atoms. The Morgan fingerprint density at radius 3 is 2.07 bits per heavy atom. The zero-order valence-electron chi connectivity index (χ0n) is 14.8. The Morgan fingerprint density at radius 1 is 0.828 bits per heavy atom. The van der Waals surface area contributed by atoms with E-state index in [9.17, 15) is 18.0 Å². The number of hydrogen-bond donors (Lipinski definition) is 3. The van der Waals surface area contributed by atoms with Gasteiger partial charge in [0.05, 0.1) is 10.6 Å². The molecule has 0 aliphatic heterocycles. The van der Waals surface area contributed by atoms with Crippen molar-refractivity contribution in [3.05, 3.63) is 88.9 Å². The number of nitrogens with one attached hydrogen (secondary N) is 2. The van der Waals surface area contributed by atoms with E-state index in [4.69, 9.17) is 16.7 Å². The summed E-state index contributed by atoms with van der Waals surface area (Å²) in [4.78, 5) is 23.1. The molecule has 3 rings (SSSR count). The lowest BCUT2D eigenvalue weighted by atomic mass is 10.2. The Labute approximate surface area is 172 Å². The van der Waals surface area contributed by atoms with Gasteiger partial charge in [-0.15, -0.1) is 0 Å². The van der Waals surface area contributed by atoms with Crippen molar-refractivity contribution in [3.63, 3.8) is 0 Å². The number of carboxylic acids is 1. The van der Waals surface area contributed by atoms with Gasteiger partial charge in [-0.2, -0.15) is 0 Å². The van der Waals surface area contributed by atoms with Crippen molar-refractivity contribution in [2.45, 2.75) is 4.90 Å². The topological polar surface area (TPSA) is 113 Å². The first-order valence-electron chi connectivity index (χ1n) is 8.28. The molecular weight excluding hydrogens is 416 g/mol. The molecule has 0 aliphatic carbocycles. The van der Waals surface area contributed by atoms with E-state index in [1.807, 2.05) is 0 Å². The van der Waals surface area contributed by atoms with E-state index in [1.165, 1.54) is 42.5 Å². The van der Waals surface area contributed by atoms with Gasteiger partial charge in [-0.1, -0.05) is 29.8 Å². The third kappa shape index (κ3) is 4.92. The number of benzene rings is 3. The summed E-state index contributed by atoms with van der Waals surface area (Å²) in [5.74, 6) is -1.62. The van der Waals surface area contributed by atoms with Crippen LogP contribution in [0.5, 0.6) is 0 Å². The van der Waals surface area contributed by atoms with Gasteiger partial charge in [0.25, 0.3) is 15.9 Å². The number of carboxylic acid groups (broad SMARTS) is 1. The fraction of sp³-hybridized carbons (Fsp3) is 0. The first-order valence-corrected chi connectivity index (χ1v) is 10.1. The minimum Gasteiger partial charge on any atom is -0.478 e. The first kappa shape index (κ1) is 20.4. The van der Waals surface area contributed by atoms with E-state index in [2.05, 4.69) is 10.0 Å². The summed E-state index contributed by atoms with van der Waals surface area (Å²) in [6.07, 6.45) is 0. The third-order valence-corrected chi connectivity index (χ3v) is 5.76. The molecule has 0 atom stereocenters. The van der Waals surface area contributed by atoms with Crippen molar-refractivity contribution < 1.29 is 23.1 Å². The number of hydrogen-bond acceptors (Lipinski definition) is 4. The van der Waals surface area contributed by atoms with E-state index in [0.717, 1.165) is 0 Å². The van der Waals surface area contributed by atoms with E-state index < -0.39 is 21.9 Å². The monoisotopic (exact) mass is 430 g/mol. The first-order chi connectivity index (χ1) is 13.8. The second-order valence-corrected chi connectivity index (χ2v) is 8.01. The molecule has 0 radical (unpaired) electrons. The maximum absolute atomic E-state index is 12.7. The van der Waals surface area contributed by atoms with E-state index in [1.54, 1.807) is 30.3 Å². The molecule has 3 aromatic carbocycles. The van der Waals surface area contributed by atoms with Gasteiger partial charge in [0.1, 0.15) is 4.90 Å². The largest absolute Gasteiger partial charge is 0.478 e. The molecule has 0 bridgehead atoms. The zero-order valence-corrected chi connectivity index (χ0v) is 16.4. The van der Waals surface area contributed by atoms with Crippen LogP contribution in [0.25, 0.3) is 0 Å². The van der Waals surface area contributed by atoms with Gasteiger partial charge in [-0.25, -0.2) is 13.2 Å². The molecule has 9 heteroatoms. The molecule has 0 heterocycles. The van der Waals surface area contributed by atoms with Gasteiger partial charge in [0.2, 0.25) is 0 Å². The molecular formula is C20H15ClN2O5S. The summed E-state index contributed by atoms with van der Waals surface area (Å²) in [6, 6.07) is 17.8. The lowest BCUT2D eigenvalue weighted by molar-refractivity contribution is 0.0696. The summed E-state index contributed by atoms with van der Waals surface area (Å²) in [7, 11) is -4.12. The number of para-hydroxylation sites is 1. The molecule has 7 nitrogen and oxygen atoms in total. The number of carbonyl (C=O) groups excluding carboxylic acids is 1. The van der Waals surface area contributed by atoms with Crippen LogP contribution in [0.15, 0.2) is 77.7 Å². The number of anilines is 2. The van der Waals surface area contributed by atoms with Crippen LogP contribution in [-0.2, 0) is 10.0 Å². The summed E-state index contributed by atoms with van der Waals surface area (Å²) in [5, 5.41) is 11.5. The highest BCUT2D eigenvalue weighted by Gasteiger charge is 2.21. The Hall–Kier alpha value is -3.36. The predicted molar refractivity (Wildman–Crippen MR) is 110 cm³/mol. The fourth-order valence-corrected chi connectivity index (χ4v) is 4.05. The SMILES string of the molecule is O=C(O)c1ccc(NS(=O)(=O)c2cc(C(=O)Nc3ccccc3)ccc2Cl)cc1. The minimum atomic E-state index is -4.12. The maximum Gasteiger partial charge on any atom is 0.335 e. The smallest absolute Gasteiger partial charge is 0.335 e. The van der Waals surface area contributed by atoms with Crippen molar-refractivity contribution >= 4 is 44.9 Å².